The smallest absolute Gasteiger partial charge is 0.261 e. The van der Waals surface area contributed by atoms with Crippen molar-refractivity contribution in [2.75, 3.05) is 6.54 Å². The zero-order chi connectivity index (χ0) is 14.9. The first-order chi connectivity index (χ1) is 9.27. The van der Waals surface area contributed by atoms with Crippen molar-refractivity contribution in [1.82, 2.24) is 5.32 Å². The normalized spacial score (nSPS) is 16.8. The zero-order valence-electron chi connectivity index (χ0n) is 10.9. The number of halogens is 2. The summed E-state index contributed by atoms with van der Waals surface area (Å²) in [6, 6.07) is 3.86. The van der Waals surface area contributed by atoms with E-state index in [0.717, 1.165) is 0 Å². The Morgan fingerprint density at radius 2 is 2.05 bits per heavy atom. The summed E-state index contributed by atoms with van der Waals surface area (Å²) in [4.78, 5) is 11.8. The van der Waals surface area contributed by atoms with Crippen LogP contribution in [0.3, 0.4) is 0 Å². The Labute approximate surface area is 127 Å². The van der Waals surface area contributed by atoms with Crippen molar-refractivity contribution in [3.05, 3.63) is 28.8 Å². The number of hydrogen-bond acceptors (Lipinski definition) is 3. The van der Waals surface area contributed by atoms with Gasteiger partial charge in [-0.05, 0) is 42.9 Å². The van der Waals surface area contributed by atoms with Gasteiger partial charge in [0.2, 0.25) is 0 Å². The van der Waals surface area contributed by atoms with Crippen LogP contribution in [-0.2, 0) is 9.05 Å². The van der Waals surface area contributed by atoms with Gasteiger partial charge in [-0.2, -0.15) is 0 Å². The highest BCUT2D eigenvalue weighted by Gasteiger charge is 2.28. The molecular weight excluding hydrogens is 321 g/mol. The van der Waals surface area contributed by atoms with Crippen molar-refractivity contribution < 1.29 is 13.2 Å². The summed E-state index contributed by atoms with van der Waals surface area (Å²) in [5.74, 6) is 0.768. The molecular formula is C13H15Cl2NO3S. The maximum Gasteiger partial charge on any atom is 0.261 e. The molecule has 1 N–H and O–H groups in total. The third kappa shape index (κ3) is 4.11. The van der Waals surface area contributed by atoms with Gasteiger partial charge in [-0.3, -0.25) is 4.79 Å². The third-order valence-electron chi connectivity index (χ3n) is 3.43. The fraction of sp³-hybridized carbons (Fsp3) is 0.462. The highest BCUT2D eigenvalue weighted by Crippen LogP contribution is 2.36. The van der Waals surface area contributed by atoms with E-state index in [4.69, 9.17) is 22.3 Å². The molecule has 0 aromatic heterocycles. The lowest BCUT2D eigenvalue weighted by atomic mass is 10.1. The van der Waals surface area contributed by atoms with Crippen LogP contribution in [0, 0.1) is 11.8 Å². The van der Waals surface area contributed by atoms with Crippen molar-refractivity contribution in [1.29, 1.82) is 0 Å². The second kappa shape index (κ2) is 5.92. The summed E-state index contributed by atoms with van der Waals surface area (Å²) >= 11 is 5.82. The van der Waals surface area contributed by atoms with E-state index in [-0.39, 0.29) is 21.4 Å². The molecule has 1 atom stereocenters. The minimum Gasteiger partial charge on any atom is -0.352 e. The molecule has 0 heterocycles. The number of amides is 1. The molecule has 7 heteroatoms. The molecule has 0 radical (unpaired) electrons. The van der Waals surface area contributed by atoms with Gasteiger partial charge in [0, 0.05) is 27.8 Å². The Bertz CT molecular complexity index is 627. The van der Waals surface area contributed by atoms with Crippen LogP contribution >= 0.6 is 22.3 Å². The maximum absolute atomic E-state index is 12.0. The Kier molecular flexibility index (Phi) is 4.62. The predicted octanol–water partition coefficient (Wildman–Crippen LogP) is 3.04. The van der Waals surface area contributed by atoms with Gasteiger partial charge in [-0.25, -0.2) is 8.42 Å². The molecule has 0 bridgehead atoms. The summed E-state index contributed by atoms with van der Waals surface area (Å²) in [5, 5.41) is 2.95. The third-order valence-corrected chi connectivity index (χ3v) is 4.98. The minimum atomic E-state index is -3.91. The molecule has 1 saturated carbocycles. The van der Waals surface area contributed by atoms with Gasteiger partial charge in [-0.1, -0.05) is 18.5 Å². The number of hydrogen-bond donors (Lipinski definition) is 1. The highest BCUT2D eigenvalue weighted by atomic mass is 35.7. The quantitative estimate of drug-likeness (QED) is 0.841. The van der Waals surface area contributed by atoms with Crippen LogP contribution in [0.15, 0.2) is 23.1 Å². The Hall–Kier alpha value is -0.780. The average molecular weight is 336 g/mol. The van der Waals surface area contributed by atoms with Crippen LogP contribution in [0.5, 0.6) is 0 Å². The molecule has 1 fully saturated rings. The van der Waals surface area contributed by atoms with Crippen LogP contribution in [0.25, 0.3) is 0 Å². The summed E-state index contributed by atoms with van der Waals surface area (Å²) in [7, 11) is 1.36. The summed E-state index contributed by atoms with van der Waals surface area (Å²) in [6.07, 6.45) is 2.42. The molecule has 4 nitrogen and oxygen atoms in total. The van der Waals surface area contributed by atoms with Gasteiger partial charge in [0.05, 0.1) is 4.90 Å². The van der Waals surface area contributed by atoms with Crippen LogP contribution in [-0.4, -0.2) is 20.9 Å². The van der Waals surface area contributed by atoms with Gasteiger partial charge >= 0.3 is 0 Å². The largest absolute Gasteiger partial charge is 0.352 e. The van der Waals surface area contributed by atoms with Crippen molar-refractivity contribution in [3.8, 4) is 0 Å². The molecule has 0 saturated heterocycles. The second-order valence-corrected chi connectivity index (χ2v) is 8.14. The molecule has 20 heavy (non-hydrogen) atoms. The van der Waals surface area contributed by atoms with Gasteiger partial charge in [0.15, 0.2) is 0 Å². The molecule has 1 aromatic rings. The summed E-state index contributed by atoms with van der Waals surface area (Å²) in [6.45, 7) is 2.66. The Morgan fingerprint density at radius 1 is 1.40 bits per heavy atom. The monoisotopic (exact) mass is 335 g/mol. The lowest BCUT2D eigenvalue weighted by Gasteiger charge is -2.12. The number of carbonyl (C=O) groups excluding carboxylic acids is 1. The Balaban J connectivity index is 2.10. The number of rotatable bonds is 5. The molecule has 1 unspecified atom stereocenters. The topological polar surface area (TPSA) is 63.2 Å². The van der Waals surface area contributed by atoms with Crippen LogP contribution in [0.4, 0.5) is 0 Å². The maximum atomic E-state index is 12.0. The predicted molar refractivity (Wildman–Crippen MR) is 78.7 cm³/mol. The van der Waals surface area contributed by atoms with Gasteiger partial charge in [0.1, 0.15) is 0 Å². The van der Waals surface area contributed by atoms with E-state index in [2.05, 4.69) is 12.2 Å². The van der Waals surface area contributed by atoms with E-state index in [1.165, 1.54) is 31.0 Å². The van der Waals surface area contributed by atoms with Crippen LogP contribution in [0.2, 0.25) is 5.02 Å². The number of nitrogens with one attached hydrogen (secondary N) is 1. The molecule has 1 aromatic carbocycles. The Morgan fingerprint density at radius 3 is 2.60 bits per heavy atom. The van der Waals surface area contributed by atoms with Crippen LogP contribution < -0.4 is 5.32 Å². The SMILES string of the molecule is CC(CNC(=O)c1cc(Cl)cc(S(=O)(=O)Cl)c1)C1CC1. The van der Waals surface area contributed by atoms with E-state index in [0.29, 0.717) is 18.4 Å². The molecule has 2 rings (SSSR count). The minimum absolute atomic E-state index is 0.159. The molecule has 1 aliphatic carbocycles. The van der Waals surface area contributed by atoms with Crippen molar-refractivity contribution in [2.24, 2.45) is 11.8 Å². The van der Waals surface area contributed by atoms with Gasteiger partial charge in [0.25, 0.3) is 15.0 Å². The van der Waals surface area contributed by atoms with Crippen molar-refractivity contribution in [2.45, 2.75) is 24.7 Å². The average Bonchev–Trinajstić information content (AvgIpc) is 3.17. The molecule has 110 valence electrons. The van der Waals surface area contributed by atoms with E-state index in [9.17, 15) is 13.2 Å². The summed E-state index contributed by atoms with van der Waals surface area (Å²) < 4.78 is 22.6. The highest BCUT2D eigenvalue weighted by molar-refractivity contribution is 8.13. The first-order valence-corrected chi connectivity index (χ1v) is 8.99. The first kappa shape index (κ1) is 15.6. The van der Waals surface area contributed by atoms with Crippen molar-refractivity contribution >= 4 is 37.2 Å². The van der Waals surface area contributed by atoms with E-state index >= 15 is 0 Å². The standard InChI is InChI=1S/C13H15Cl2NO3S/c1-8(9-2-3-9)7-16-13(17)10-4-11(14)6-12(5-10)20(15,18)19/h4-6,8-9H,2-3,7H2,1H3,(H,16,17). The second-order valence-electron chi connectivity index (χ2n) is 5.14. The lowest BCUT2D eigenvalue weighted by molar-refractivity contribution is 0.0946. The van der Waals surface area contributed by atoms with E-state index in [1.807, 2.05) is 0 Å². The number of benzene rings is 1. The summed E-state index contributed by atoms with van der Waals surface area (Å²) in [5.41, 5.74) is 0.194. The fourth-order valence-electron chi connectivity index (χ4n) is 2.02. The van der Waals surface area contributed by atoms with E-state index < -0.39 is 9.05 Å². The molecule has 1 aliphatic rings. The van der Waals surface area contributed by atoms with Crippen molar-refractivity contribution in [3.63, 3.8) is 0 Å². The zero-order valence-corrected chi connectivity index (χ0v) is 13.2. The van der Waals surface area contributed by atoms with E-state index in [1.54, 1.807) is 0 Å². The molecule has 0 spiro atoms. The molecule has 1 amide bonds. The van der Waals surface area contributed by atoms with Gasteiger partial charge in [-0.15, -0.1) is 0 Å². The van der Waals surface area contributed by atoms with Crippen LogP contribution in [0.1, 0.15) is 30.1 Å². The number of carbonyl (C=O) groups is 1. The fourth-order valence-corrected chi connectivity index (χ4v) is 3.12. The molecule has 0 aliphatic heterocycles. The lowest BCUT2D eigenvalue weighted by Crippen LogP contribution is -2.29. The van der Waals surface area contributed by atoms with Gasteiger partial charge < -0.3 is 5.32 Å². The first-order valence-electron chi connectivity index (χ1n) is 6.31.